The molecule has 2 rings (SSSR count). The second kappa shape index (κ2) is 4.63. The van der Waals surface area contributed by atoms with E-state index in [9.17, 15) is 4.79 Å². The van der Waals surface area contributed by atoms with E-state index in [0.29, 0.717) is 12.2 Å². The van der Waals surface area contributed by atoms with Crippen LogP contribution in [0.15, 0.2) is 24.3 Å². The van der Waals surface area contributed by atoms with Gasteiger partial charge in [0.2, 0.25) is 0 Å². The summed E-state index contributed by atoms with van der Waals surface area (Å²) in [6.45, 7) is 2.56. The molecule has 1 heterocycles. The Balaban J connectivity index is 2.36. The van der Waals surface area contributed by atoms with E-state index in [4.69, 9.17) is 14.5 Å². The predicted octanol–water partition coefficient (Wildman–Crippen LogP) is 2.11. The van der Waals surface area contributed by atoms with Crippen LogP contribution in [0, 0.1) is 5.92 Å². The molecule has 0 spiro atoms. The molecule has 0 N–H and O–H groups in total. The highest BCUT2D eigenvalue weighted by molar-refractivity contribution is 5.91. The molecule has 0 bridgehead atoms. The second-order valence-corrected chi connectivity index (χ2v) is 3.86. The minimum atomic E-state index is -0.349. The summed E-state index contributed by atoms with van der Waals surface area (Å²) in [7, 11) is 1.37. The van der Waals surface area contributed by atoms with Crippen LogP contribution in [0.1, 0.15) is 28.9 Å². The Morgan fingerprint density at radius 2 is 2.19 bits per heavy atom. The Morgan fingerprint density at radius 3 is 2.81 bits per heavy atom. The molecule has 0 amide bonds. The second-order valence-electron chi connectivity index (χ2n) is 3.86. The molecule has 16 heavy (non-hydrogen) atoms. The van der Waals surface area contributed by atoms with Gasteiger partial charge in [-0.25, -0.2) is 14.6 Å². The van der Waals surface area contributed by atoms with Crippen molar-refractivity contribution < 1.29 is 19.3 Å². The fourth-order valence-corrected chi connectivity index (χ4v) is 1.80. The van der Waals surface area contributed by atoms with E-state index < -0.39 is 0 Å². The number of carbonyl (C=O) groups excluding carboxylic acids is 1. The summed E-state index contributed by atoms with van der Waals surface area (Å²) in [5.74, 6) is -0.121. The average molecular weight is 222 g/mol. The maximum Gasteiger partial charge on any atom is 0.338 e. The summed E-state index contributed by atoms with van der Waals surface area (Å²) in [5, 5.41) is 0. The van der Waals surface area contributed by atoms with Crippen LogP contribution >= 0.6 is 0 Å². The highest BCUT2D eigenvalue weighted by Crippen LogP contribution is 2.33. The maximum atomic E-state index is 11.6. The van der Waals surface area contributed by atoms with Crippen LogP contribution in [0.2, 0.25) is 0 Å². The molecule has 0 aliphatic carbocycles. The van der Waals surface area contributed by atoms with Gasteiger partial charge in [0.15, 0.2) is 0 Å². The van der Waals surface area contributed by atoms with Gasteiger partial charge in [-0.15, -0.1) is 0 Å². The lowest BCUT2D eigenvalue weighted by Crippen LogP contribution is -2.12. The zero-order valence-corrected chi connectivity index (χ0v) is 9.30. The van der Waals surface area contributed by atoms with Crippen LogP contribution in [0.4, 0.5) is 0 Å². The van der Waals surface area contributed by atoms with Crippen molar-refractivity contribution in [1.82, 2.24) is 0 Å². The Kier molecular flexibility index (Phi) is 3.22. The van der Waals surface area contributed by atoms with E-state index >= 15 is 0 Å². The standard InChI is InChI=1S/C12H14O4/c1-8-7-15-16-11(8)9-5-3-4-6-10(9)12(13)14-2/h3-6,8,11H,7H2,1-2H3. The smallest absolute Gasteiger partial charge is 0.338 e. The molecule has 2 atom stereocenters. The predicted molar refractivity (Wildman–Crippen MR) is 56.7 cm³/mol. The summed E-state index contributed by atoms with van der Waals surface area (Å²) in [6.07, 6.45) is -0.199. The maximum absolute atomic E-state index is 11.6. The highest BCUT2D eigenvalue weighted by atomic mass is 17.2. The molecule has 0 saturated carbocycles. The van der Waals surface area contributed by atoms with Crippen LogP contribution in [0.25, 0.3) is 0 Å². The quantitative estimate of drug-likeness (QED) is 0.568. The first kappa shape index (κ1) is 11.1. The number of benzene rings is 1. The summed E-state index contributed by atoms with van der Waals surface area (Å²) in [6, 6.07) is 7.27. The van der Waals surface area contributed by atoms with Crippen molar-refractivity contribution >= 4 is 5.97 Å². The lowest BCUT2D eigenvalue weighted by atomic mass is 9.94. The number of hydrogen-bond acceptors (Lipinski definition) is 4. The van der Waals surface area contributed by atoms with E-state index in [0.717, 1.165) is 5.56 Å². The first-order valence-corrected chi connectivity index (χ1v) is 5.19. The van der Waals surface area contributed by atoms with Crippen LogP contribution in [0.3, 0.4) is 0 Å². The third-order valence-corrected chi connectivity index (χ3v) is 2.69. The first-order chi connectivity index (χ1) is 7.74. The lowest BCUT2D eigenvalue weighted by Gasteiger charge is -2.14. The average Bonchev–Trinajstić information content (AvgIpc) is 2.74. The molecule has 4 nitrogen and oxygen atoms in total. The Hall–Kier alpha value is -1.39. The summed E-state index contributed by atoms with van der Waals surface area (Å²) >= 11 is 0. The molecule has 1 aromatic rings. The molecule has 1 aliphatic heterocycles. The molecule has 1 aliphatic rings. The Bertz CT molecular complexity index is 388. The van der Waals surface area contributed by atoms with Crippen LogP contribution in [0.5, 0.6) is 0 Å². The number of rotatable bonds is 2. The number of esters is 1. The van der Waals surface area contributed by atoms with Crippen LogP contribution in [-0.4, -0.2) is 19.7 Å². The molecular weight excluding hydrogens is 208 g/mol. The normalized spacial score (nSPS) is 24.4. The third kappa shape index (κ3) is 1.94. The molecule has 0 radical (unpaired) electrons. The molecule has 1 fully saturated rings. The summed E-state index contributed by atoms with van der Waals surface area (Å²) in [4.78, 5) is 21.7. The summed E-state index contributed by atoms with van der Waals surface area (Å²) in [5.41, 5.74) is 1.35. The van der Waals surface area contributed by atoms with E-state index in [1.165, 1.54) is 7.11 Å². The fraction of sp³-hybridized carbons (Fsp3) is 0.417. The largest absolute Gasteiger partial charge is 0.465 e. The monoisotopic (exact) mass is 222 g/mol. The van der Waals surface area contributed by atoms with Gasteiger partial charge in [-0.05, 0) is 11.6 Å². The zero-order valence-electron chi connectivity index (χ0n) is 9.30. The van der Waals surface area contributed by atoms with Crippen molar-refractivity contribution in [3.63, 3.8) is 0 Å². The first-order valence-electron chi connectivity index (χ1n) is 5.19. The SMILES string of the molecule is COC(=O)c1ccccc1C1OOCC1C. The fourth-order valence-electron chi connectivity index (χ4n) is 1.80. The van der Waals surface area contributed by atoms with Gasteiger partial charge in [-0.1, -0.05) is 25.1 Å². The number of methoxy groups -OCH3 is 1. The highest BCUT2D eigenvalue weighted by Gasteiger charge is 2.31. The van der Waals surface area contributed by atoms with Crippen LogP contribution < -0.4 is 0 Å². The van der Waals surface area contributed by atoms with Crippen molar-refractivity contribution in [2.45, 2.75) is 13.0 Å². The van der Waals surface area contributed by atoms with Crippen molar-refractivity contribution in [3.8, 4) is 0 Å². The molecule has 86 valence electrons. The molecular formula is C12H14O4. The minimum Gasteiger partial charge on any atom is -0.465 e. The van der Waals surface area contributed by atoms with Crippen molar-refractivity contribution in [2.75, 3.05) is 13.7 Å². The van der Waals surface area contributed by atoms with E-state index in [1.54, 1.807) is 12.1 Å². The van der Waals surface area contributed by atoms with Crippen LogP contribution in [-0.2, 0) is 14.5 Å². The van der Waals surface area contributed by atoms with Gasteiger partial charge >= 0.3 is 5.97 Å². The molecule has 4 heteroatoms. The van der Waals surface area contributed by atoms with Crippen molar-refractivity contribution in [2.24, 2.45) is 5.92 Å². The summed E-state index contributed by atoms with van der Waals surface area (Å²) < 4.78 is 4.74. The van der Waals surface area contributed by atoms with E-state index in [1.807, 2.05) is 19.1 Å². The van der Waals surface area contributed by atoms with Crippen molar-refractivity contribution in [3.05, 3.63) is 35.4 Å². The zero-order chi connectivity index (χ0) is 11.5. The number of hydrogen-bond donors (Lipinski definition) is 0. The van der Waals surface area contributed by atoms with Gasteiger partial charge in [0.1, 0.15) is 6.10 Å². The Morgan fingerprint density at radius 1 is 1.44 bits per heavy atom. The van der Waals surface area contributed by atoms with Gasteiger partial charge in [-0.3, -0.25) is 0 Å². The van der Waals surface area contributed by atoms with Gasteiger partial charge in [0.05, 0.1) is 19.3 Å². The molecule has 1 aromatic carbocycles. The number of carbonyl (C=O) groups is 1. The third-order valence-electron chi connectivity index (χ3n) is 2.69. The van der Waals surface area contributed by atoms with E-state index in [2.05, 4.69) is 0 Å². The van der Waals surface area contributed by atoms with Crippen molar-refractivity contribution in [1.29, 1.82) is 0 Å². The Labute approximate surface area is 94.0 Å². The minimum absolute atomic E-state index is 0.199. The van der Waals surface area contributed by atoms with Gasteiger partial charge in [0, 0.05) is 5.92 Å². The van der Waals surface area contributed by atoms with Gasteiger partial charge in [0.25, 0.3) is 0 Å². The topological polar surface area (TPSA) is 44.8 Å². The number of ether oxygens (including phenoxy) is 1. The molecule has 1 saturated heterocycles. The molecule has 0 aromatic heterocycles. The van der Waals surface area contributed by atoms with Gasteiger partial charge < -0.3 is 4.74 Å². The van der Waals surface area contributed by atoms with Gasteiger partial charge in [-0.2, -0.15) is 0 Å². The van der Waals surface area contributed by atoms with E-state index in [-0.39, 0.29) is 18.0 Å². The molecule has 2 unspecified atom stereocenters. The lowest BCUT2D eigenvalue weighted by molar-refractivity contribution is -0.277.